The van der Waals surface area contributed by atoms with Gasteiger partial charge in [-0.15, -0.1) is 0 Å². The Morgan fingerprint density at radius 2 is 1.66 bits per heavy atom. The van der Waals surface area contributed by atoms with Gasteiger partial charge in [0.25, 0.3) is 0 Å². The lowest BCUT2D eigenvalue weighted by Crippen LogP contribution is -2.51. The van der Waals surface area contributed by atoms with Gasteiger partial charge in [-0.2, -0.15) is 0 Å². The molecule has 0 spiro atoms. The number of nitrogens with one attached hydrogen (secondary N) is 1. The fraction of sp³-hybridized carbons (Fsp3) is 0.560. The molecule has 4 rings (SSSR count). The summed E-state index contributed by atoms with van der Waals surface area (Å²) in [6.45, 7) is 4.02. The van der Waals surface area contributed by atoms with Crippen LogP contribution in [0.5, 0.6) is 0 Å². The molecular formula is C25H35N3O. The number of aromatic nitrogens is 1. The molecule has 4 nitrogen and oxygen atoms in total. The number of piperidine rings is 1. The lowest BCUT2D eigenvalue weighted by atomic mass is 9.80. The normalized spacial score (nSPS) is 20.4. The lowest BCUT2D eigenvalue weighted by molar-refractivity contribution is -0.131. The van der Waals surface area contributed by atoms with E-state index in [1.54, 1.807) is 0 Å². The highest BCUT2D eigenvalue weighted by Crippen LogP contribution is 2.35. The standard InChI is InChI=1S/C25H35N3O/c29-24(25(13-5-2-6-14-25)28-16-7-8-17-28)26-15-20-27-18-11-23(12-19-27)21-22-9-3-1-4-10-22/h1,3-4,7-10,16-17,23H,2,5-6,11-15,18-21H2,(H,26,29). The Morgan fingerprint density at radius 3 is 2.34 bits per heavy atom. The molecule has 0 atom stereocenters. The molecule has 1 saturated carbocycles. The first-order valence-electron chi connectivity index (χ1n) is 11.4. The van der Waals surface area contributed by atoms with Crippen molar-refractivity contribution < 1.29 is 4.79 Å². The number of carbonyl (C=O) groups excluding carboxylic acids is 1. The van der Waals surface area contributed by atoms with Crippen LogP contribution < -0.4 is 5.32 Å². The van der Waals surface area contributed by atoms with Crippen molar-refractivity contribution in [3.63, 3.8) is 0 Å². The molecule has 1 aliphatic carbocycles. The number of rotatable bonds is 7. The van der Waals surface area contributed by atoms with E-state index < -0.39 is 0 Å². The van der Waals surface area contributed by atoms with Gasteiger partial charge in [-0.25, -0.2) is 0 Å². The maximum atomic E-state index is 13.2. The molecule has 2 fully saturated rings. The SMILES string of the molecule is O=C(NCCN1CCC(Cc2ccccc2)CC1)C1(n2cccc2)CCCCC1. The molecule has 1 aromatic heterocycles. The maximum absolute atomic E-state index is 13.2. The zero-order valence-electron chi connectivity index (χ0n) is 17.6. The van der Waals surface area contributed by atoms with Gasteiger partial charge in [0.15, 0.2) is 0 Å². The first-order valence-corrected chi connectivity index (χ1v) is 11.4. The monoisotopic (exact) mass is 393 g/mol. The number of benzene rings is 1. The fourth-order valence-corrected chi connectivity index (χ4v) is 5.21. The van der Waals surface area contributed by atoms with Gasteiger partial charge in [-0.3, -0.25) is 4.79 Å². The number of likely N-dealkylation sites (tertiary alicyclic amines) is 1. The number of hydrogen-bond donors (Lipinski definition) is 1. The summed E-state index contributed by atoms with van der Waals surface area (Å²) in [6, 6.07) is 14.9. The predicted octanol–water partition coefficient (Wildman–Crippen LogP) is 4.22. The van der Waals surface area contributed by atoms with E-state index in [0.717, 1.165) is 57.8 Å². The van der Waals surface area contributed by atoms with Crippen LogP contribution in [0.2, 0.25) is 0 Å². The quantitative estimate of drug-likeness (QED) is 0.765. The minimum atomic E-state index is -0.371. The van der Waals surface area contributed by atoms with Crippen molar-refractivity contribution in [1.29, 1.82) is 0 Å². The van der Waals surface area contributed by atoms with Crippen LogP contribution in [0, 0.1) is 5.92 Å². The third kappa shape index (κ3) is 4.92. The molecular weight excluding hydrogens is 358 g/mol. The van der Waals surface area contributed by atoms with E-state index in [1.807, 2.05) is 12.1 Å². The van der Waals surface area contributed by atoms with Crippen molar-refractivity contribution in [3.8, 4) is 0 Å². The van der Waals surface area contributed by atoms with E-state index >= 15 is 0 Å². The Balaban J connectivity index is 1.22. The molecule has 1 saturated heterocycles. The molecule has 2 aliphatic rings. The van der Waals surface area contributed by atoms with Crippen molar-refractivity contribution in [2.24, 2.45) is 5.92 Å². The molecule has 2 aromatic rings. The van der Waals surface area contributed by atoms with Crippen molar-refractivity contribution in [3.05, 3.63) is 60.4 Å². The van der Waals surface area contributed by atoms with E-state index in [0.29, 0.717) is 0 Å². The molecule has 4 heteroatoms. The predicted molar refractivity (Wildman–Crippen MR) is 118 cm³/mol. The molecule has 29 heavy (non-hydrogen) atoms. The topological polar surface area (TPSA) is 37.3 Å². The van der Waals surface area contributed by atoms with Crippen molar-refractivity contribution in [1.82, 2.24) is 14.8 Å². The van der Waals surface area contributed by atoms with Crippen LogP contribution in [0.25, 0.3) is 0 Å². The van der Waals surface area contributed by atoms with Gasteiger partial charge in [-0.1, -0.05) is 49.6 Å². The zero-order valence-corrected chi connectivity index (χ0v) is 17.6. The molecule has 1 aromatic carbocycles. The van der Waals surface area contributed by atoms with Gasteiger partial charge >= 0.3 is 0 Å². The second kappa shape index (κ2) is 9.62. The minimum Gasteiger partial charge on any atom is -0.353 e. The Labute approximate surface area is 175 Å². The maximum Gasteiger partial charge on any atom is 0.246 e. The summed E-state index contributed by atoms with van der Waals surface area (Å²) in [4.78, 5) is 15.7. The van der Waals surface area contributed by atoms with Crippen LogP contribution in [0.1, 0.15) is 50.5 Å². The molecule has 0 bridgehead atoms. The largest absolute Gasteiger partial charge is 0.353 e. The third-order valence-corrected chi connectivity index (χ3v) is 6.99. The third-order valence-electron chi connectivity index (χ3n) is 6.99. The van der Waals surface area contributed by atoms with Crippen LogP contribution >= 0.6 is 0 Å². The summed E-state index contributed by atoms with van der Waals surface area (Å²) in [7, 11) is 0. The number of nitrogens with zero attached hydrogens (tertiary/aromatic N) is 2. The summed E-state index contributed by atoms with van der Waals surface area (Å²) in [5.41, 5.74) is 1.09. The molecule has 1 aliphatic heterocycles. The highest BCUT2D eigenvalue weighted by atomic mass is 16.2. The molecule has 0 unspecified atom stereocenters. The lowest BCUT2D eigenvalue weighted by Gasteiger charge is -2.38. The first-order chi connectivity index (χ1) is 14.3. The zero-order chi connectivity index (χ0) is 19.9. The van der Waals surface area contributed by atoms with Gasteiger partial charge in [0.1, 0.15) is 5.54 Å². The van der Waals surface area contributed by atoms with Gasteiger partial charge < -0.3 is 14.8 Å². The second-order valence-electron chi connectivity index (χ2n) is 8.91. The Kier molecular flexibility index (Phi) is 6.70. The van der Waals surface area contributed by atoms with E-state index in [1.165, 1.54) is 31.2 Å². The second-order valence-corrected chi connectivity index (χ2v) is 8.91. The van der Waals surface area contributed by atoms with E-state index in [9.17, 15) is 4.79 Å². The Bertz CT molecular complexity index is 742. The minimum absolute atomic E-state index is 0.215. The molecule has 1 amide bonds. The van der Waals surface area contributed by atoms with Gasteiger partial charge in [0.2, 0.25) is 5.91 Å². The Hall–Kier alpha value is -2.07. The highest BCUT2D eigenvalue weighted by Gasteiger charge is 2.40. The molecule has 2 heterocycles. The van der Waals surface area contributed by atoms with Gasteiger partial charge in [0.05, 0.1) is 0 Å². The van der Waals surface area contributed by atoms with Crippen LogP contribution in [0.15, 0.2) is 54.9 Å². The molecule has 1 N–H and O–H groups in total. The summed E-state index contributed by atoms with van der Waals surface area (Å²) in [6.07, 6.45) is 13.3. The van der Waals surface area contributed by atoms with Crippen LogP contribution in [0.4, 0.5) is 0 Å². The van der Waals surface area contributed by atoms with Crippen molar-refractivity contribution in [2.75, 3.05) is 26.2 Å². The molecule has 0 radical (unpaired) electrons. The van der Waals surface area contributed by atoms with E-state index in [4.69, 9.17) is 0 Å². The van der Waals surface area contributed by atoms with E-state index in [2.05, 4.69) is 57.5 Å². The van der Waals surface area contributed by atoms with Gasteiger partial charge in [0, 0.05) is 25.5 Å². The van der Waals surface area contributed by atoms with Crippen molar-refractivity contribution in [2.45, 2.75) is 56.9 Å². The first kappa shape index (κ1) is 20.2. The van der Waals surface area contributed by atoms with Gasteiger partial charge in [-0.05, 0) is 68.8 Å². The van der Waals surface area contributed by atoms with Crippen LogP contribution in [0.3, 0.4) is 0 Å². The van der Waals surface area contributed by atoms with Crippen LogP contribution in [-0.4, -0.2) is 41.6 Å². The summed E-state index contributed by atoms with van der Waals surface area (Å²) < 4.78 is 2.15. The fourth-order valence-electron chi connectivity index (χ4n) is 5.21. The number of hydrogen-bond acceptors (Lipinski definition) is 2. The van der Waals surface area contributed by atoms with E-state index in [-0.39, 0.29) is 11.4 Å². The average molecular weight is 394 g/mol. The number of amides is 1. The highest BCUT2D eigenvalue weighted by molar-refractivity contribution is 5.84. The summed E-state index contributed by atoms with van der Waals surface area (Å²) in [5.74, 6) is 1.01. The average Bonchev–Trinajstić information content (AvgIpc) is 3.32. The summed E-state index contributed by atoms with van der Waals surface area (Å²) >= 11 is 0. The summed E-state index contributed by atoms with van der Waals surface area (Å²) in [5, 5.41) is 3.28. The smallest absolute Gasteiger partial charge is 0.246 e. The van der Waals surface area contributed by atoms with Crippen LogP contribution in [-0.2, 0) is 16.8 Å². The van der Waals surface area contributed by atoms with Crippen molar-refractivity contribution >= 4 is 5.91 Å². The Morgan fingerprint density at radius 1 is 0.966 bits per heavy atom. The number of carbonyl (C=O) groups is 1. The molecule has 156 valence electrons.